The van der Waals surface area contributed by atoms with E-state index in [1.807, 2.05) is 0 Å². The highest BCUT2D eigenvalue weighted by Gasteiger charge is 2.29. The van der Waals surface area contributed by atoms with Crippen LogP contribution in [0.25, 0.3) is 11.1 Å². The first kappa shape index (κ1) is 16.4. The Labute approximate surface area is 138 Å². The van der Waals surface area contributed by atoms with Crippen molar-refractivity contribution in [2.24, 2.45) is 0 Å². The molecule has 1 atom stereocenters. The Morgan fingerprint density at radius 1 is 1.25 bits per heavy atom. The minimum atomic E-state index is -0.832. The van der Waals surface area contributed by atoms with Crippen molar-refractivity contribution in [3.8, 4) is 11.1 Å². The summed E-state index contributed by atoms with van der Waals surface area (Å²) in [6.07, 6.45) is 1.50. The second-order valence-corrected chi connectivity index (χ2v) is 5.78. The number of nitrogens with one attached hydrogen (secondary N) is 1. The summed E-state index contributed by atoms with van der Waals surface area (Å²) in [5.41, 5.74) is 0.823. The molecule has 1 heterocycles. The molecule has 0 radical (unpaired) electrons. The van der Waals surface area contributed by atoms with Gasteiger partial charge in [-0.2, -0.15) is 0 Å². The summed E-state index contributed by atoms with van der Waals surface area (Å²) >= 11 is 0. The quantitative estimate of drug-likeness (QED) is 0.902. The Morgan fingerprint density at radius 2 is 2.00 bits per heavy atom. The lowest BCUT2D eigenvalue weighted by Crippen LogP contribution is -2.40. The molecule has 1 fully saturated rings. The molecule has 2 N–H and O–H groups in total. The van der Waals surface area contributed by atoms with E-state index in [4.69, 9.17) is 0 Å². The van der Waals surface area contributed by atoms with E-state index < -0.39 is 17.7 Å². The van der Waals surface area contributed by atoms with Crippen molar-refractivity contribution < 1.29 is 18.7 Å². The van der Waals surface area contributed by atoms with Crippen molar-refractivity contribution in [3.63, 3.8) is 0 Å². The lowest BCUT2D eigenvalue weighted by Gasteiger charge is -2.24. The zero-order chi connectivity index (χ0) is 17.1. The second kappa shape index (κ2) is 6.97. The minimum Gasteiger partial charge on any atom is -0.394 e. The first-order chi connectivity index (χ1) is 11.6. The number of carbonyl (C=O) groups excluding carboxylic acids is 1. The maximum absolute atomic E-state index is 14.3. The molecule has 1 unspecified atom stereocenters. The largest absolute Gasteiger partial charge is 0.394 e. The smallest absolute Gasteiger partial charge is 0.322 e. The van der Waals surface area contributed by atoms with Gasteiger partial charge in [0.25, 0.3) is 0 Å². The van der Waals surface area contributed by atoms with E-state index in [1.165, 1.54) is 11.0 Å². The standard InChI is InChI=1S/C18H18F2N2O2/c19-13-9-15(12-5-2-1-3-6-12)17(16(20)10-13)21-18(24)22-8-4-7-14(22)11-23/h1-3,5-6,9-10,14,23H,4,7-8,11H2,(H,21,24). The summed E-state index contributed by atoms with van der Waals surface area (Å²) in [6.45, 7) is 0.366. The van der Waals surface area contributed by atoms with Crippen LogP contribution < -0.4 is 5.32 Å². The minimum absolute atomic E-state index is 0.0591. The molecule has 2 aromatic rings. The Hall–Kier alpha value is -2.47. The number of benzene rings is 2. The number of urea groups is 1. The summed E-state index contributed by atoms with van der Waals surface area (Å²) in [6, 6.07) is 9.93. The topological polar surface area (TPSA) is 52.6 Å². The predicted octanol–water partition coefficient (Wildman–Crippen LogP) is 3.62. The first-order valence-electron chi connectivity index (χ1n) is 7.83. The van der Waals surface area contributed by atoms with E-state index in [1.54, 1.807) is 30.3 Å². The molecular weight excluding hydrogens is 314 g/mol. The lowest BCUT2D eigenvalue weighted by molar-refractivity contribution is 0.166. The van der Waals surface area contributed by atoms with Crippen molar-refractivity contribution in [2.45, 2.75) is 18.9 Å². The Morgan fingerprint density at radius 3 is 2.71 bits per heavy atom. The van der Waals surface area contributed by atoms with Crippen LogP contribution in [0.4, 0.5) is 19.3 Å². The number of aliphatic hydroxyl groups excluding tert-OH is 1. The van der Waals surface area contributed by atoms with Gasteiger partial charge in [-0.25, -0.2) is 13.6 Å². The number of halogens is 2. The van der Waals surface area contributed by atoms with Gasteiger partial charge in [0.05, 0.1) is 18.3 Å². The van der Waals surface area contributed by atoms with Crippen LogP contribution in [0.2, 0.25) is 0 Å². The zero-order valence-corrected chi connectivity index (χ0v) is 13.0. The van der Waals surface area contributed by atoms with E-state index in [-0.39, 0.29) is 23.9 Å². The van der Waals surface area contributed by atoms with E-state index in [0.29, 0.717) is 18.5 Å². The molecule has 3 rings (SSSR count). The van der Waals surface area contributed by atoms with Gasteiger partial charge in [0.2, 0.25) is 0 Å². The molecule has 0 aliphatic carbocycles. The van der Waals surface area contributed by atoms with Crippen LogP contribution in [0.3, 0.4) is 0 Å². The number of amides is 2. The van der Waals surface area contributed by atoms with Crippen LogP contribution in [-0.2, 0) is 0 Å². The Bertz CT molecular complexity index is 737. The van der Waals surface area contributed by atoms with Crippen molar-refractivity contribution in [2.75, 3.05) is 18.5 Å². The summed E-state index contributed by atoms with van der Waals surface area (Å²) in [5.74, 6) is -1.54. The molecule has 2 amide bonds. The Kier molecular flexibility index (Phi) is 4.76. The van der Waals surface area contributed by atoms with Gasteiger partial charge >= 0.3 is 6.03 Å². The SMILES string of the molecule is O=C(Nc1c(F)cc(F)cc1-c1ccccc1)N1CCCC1CO. The van der Waals surface area contributed by atoms with Crippen molar-refractivity contribution in [3.05, 3.63) is 54.1 Å². The third-order valence-electron chi connectivity index (χ3n) is 4.22. The second-order valence-electron chi connectivity index (χ2n) is 5.78. The highest BCUT2D eigenvalue weighted by atomic mass is 19.1. The zero-order valence-electron chi connectivity index (χ0n) is 13.0. The molecule has 6 heteroatoms. The van der Waals surface area contributed by atoms with E-state index in [9.17, 15) is 18.7 Å². The molecule has 24 heavy (non-hydrogen) atoms. The van der Waals surface area contributed by atoms with Gasteiger partial charge < -0.3 is 15.3 Å². The molecule has 0 aromatic heterocycles. The van der Waals surface area contributed by atoms with Gasteiger partial charge in [0, 0.05) is 18.2 Å². The number of hydrogen-bond acceptors (Lipinski definition) is 2. The fourth-order valence-electron chi connectivity index (χ4n) is 3.02. The van der Waals surface area contributed by atoms with Crippen LogP contribution in [0.1, 0.15) is 12.8 Å². The van der Waals surface area contributed by atoms with Gasteiger partial charge in [-0.15, -0.1) is 0 Å². The monoisotopic (exact) mass is 332 g/mol. The van der Waals surface area contributed by atoms with Crippen LogP contribution in [0.5, 0.6) is 0 Å². The van der Waals surface area contributed by atoms with Crippen molar-refractivity contribution >= 4 is 11.7 Å². The fourth-order valence-corrected chi connectivity index (χ4v) is 3.02. The average molecular weight is 332 g/mol. The van der Waals surface area contributed by atoms with Crippen molar-refractivity contribution in [1.82, 2.24) is 4.90 Å². The van der Waals surface area contributed by atoms with E-state index >= 15 is 0 Å². The number of nitrogens with zero attached hydrogens (tertiary/aromatic N) is 1. The number of anilines is 1. The van der Waals surface area contributed by atoms with Crippen LogP contribution in [0.15, 0.2) is 42.5 Å². The number of carbonyl (C=O) groups is 1. The van der Waals surface area contributed by atoms with Gasteiger partial charge in [0.15, 0.2) is 0 Å². The van der Waals surface area contributed by atoms with Crippen LogP contribution in [-0.4, -0.2) is 35.2 Å². The number of hydrogen-bond donors (Lipinski definition) is 2. The van der Waals surface area contributed by atoms with Crippen molar-refractivity contribution in [1.29, 1.82) is 0 Å². The van der Waals surface area contributed by atoms with E-state index in [2.05, 4.69) is 5.32 Å². The fraction of sp³-hybridized carbons (Fsp3) is 0.278. The first-order valence-corrected chi connectivity index (χ1v) is 7.83. The molecule has 1 saturated heterocycles. The van der Waals surface area contributed by atoms with Crippen LogP contribution >= 0.6 is 0 Å². The number of rotatable bonds is 3. The third kappa shape index (κ3) is 3.23. The average Bonchev–Trinajstić information content (AvgIpc) is 3.06. The highest BCUT2D eigenvalue weighted by Crippen LogP contribution is 2.32. The normalized spacial score (nSPS) is 17.1. The summed E-state index contributed by atoms with van der Waals surface area (Å²) in [7, 11) is 0. The molecule has 1 aliphatic heterocycles. The van der Waals surface area contributed by atoms with Gasteiger partial charge in [0.1, 0.15) is 11.6 Å². The summed E-state index contributed by atoms with van der Waals surface area (Å²) < 4.78 is 28.0. The molecule has 0 saturated carbocycles. The highest BCUT2D eigenvalue weighted by molar-refractivity contribution is 5.95. The van der Waals surface area contributed by atoms with Gasteiger partial charge in [-0.3, -0.25) is 0 Å². The molecule has 126 valence electrons. The predicted molar refractivity (Wildman–Crippen MR) is 87.6 cm³/mol. The molecule has 2 aromatic carbocycles. The maximum atomic E-state index is 14.3. The number of likely N-dealkylation sites (tertiary alicyclic amines) is 1. The molecule has 0 bridgehead atoms. The molecule has 0 spiro atoms. The maximum Gasteiger partial charge on any atom is 0.322 e. The third-order valence-corrected chi connectivity index (χ3v) is 4.22. The van der Waals surface area contributed by atoms with E-state index in [0.717, 1.165) is 12.5 Å². The summed E-state index contributed by atoms with van der Waals surface area (Å²) in [5, 5.41) is 11.9. The van der Waals surface area contributed by atoms with Gasteiger partial charge in [-0.05, 0) is 24.5 Å². The Balaban J connectivity index is 1.94. The molecular formula is C18H18F2N2O2. The number of aliphatic hydroxyl groups is 1. The molecule has 4 nitrogen and oxygen atoms in total. The van der Waals surface area contributed by atoms with Gasteiger partial charge in [-0.1, -0.05) is 30.3 Å². The van der Waals surface area contributed by atoms with Crippen LogP contribution in [0, 0.1) is 11.6 Å². The lowest BCUT2D eigenvalue weighted by atomic mass is 10.0. The summed E-state index contributed by atoms with van der Waals surface area (Å²) in [4.78, 5) is 13.9. The molecule has 1 aliphatic rings.